The number of halogens is 1. The van der Waals surface area contributed by atoms with Crippen LogP contribution in [0.2, 0.25) is 0 Å². The SMILES string of the molecule is Brc1ccc2c(c1)-c1c(ccc3ccccc13)C21c2ccccc2-c2ccccc21. The smallest absolute Gasteiger partial charge is 0.0619 e. The summed E-state index contributed by atoms with van der Waals surface area (Å²) in [5.41, 5.74) is 10.7. The summed E-state index contributed by atoms with van der Waals surface area (Å²) in [5.74, 6) is 0. The lowest BCUT2D eigenvalue weighted by molar-refractivity contribution is 0.794. The molecule has 0 atom stereocenters. The van der Waals surface area contributed by atoms with Crippen molar-refractivity contribution < 1.29 is 0 Å². The van der Waals surface area contributed by atoms with Gasteiger partial charge < -0.3 is 0 Å². The third kappa shape index (κ3) is 1.83. The average Bonchev–Trinajstić information content (AvgIpc) is 3.26. The maximum Gasteiger partial charge on any atom is 0.0725 e. The quantitative estimate of drug-likeness (QED) is 0.222. The molecule has 2 aliphatic carbocycles. The fraction of sp³-hybridized carbons (Fsp3) is 0.0345. The lowest BCUT2D eigenvalue weighted by atomic mass is 9.70. The summed E-state index contributed by atoms with van der Waals surface area (Å²) in [5, 5.41) is 2.62. The molecule has 0 heterocycles. The van der Waals surface area contributed by atoms with Gasteiger partial charge in [0.15, 0.2) is 0 Å². The molecule has 1 heteroatoms. The van der Waals surface area contributed by atoms with Gasteiger partial charge in [0.05, 0.1) is 5.41 Å². The van der Waals surface area contributed by atoms with E-state index >= 15 is 0 Å². The van der Waals surface area contributed by atoms with Crippen LogP contribution in [0.4, 0.5) is 0 Å². The second-order valence-electron chi connectivity index (χ2n) is 8.24. The molecule has 0 amide bonds. The van der Waals surface area contributed by atoms with Crippen LogP contribution in [0.5, 0.6) is 0 Å². The first-order chi connectivity index (χ1) is 14.8. The van der Waals surface area contributed by atoms with Crippen LogP contribution in [0.3, 0.4) is 0 Å². The van der Waals surface area contributed by atoms with Crippen molar-refractivity contribution in [2.75, 3.05) is 0 Å². The highest BCUT2D eigenvalue weighted by atomic mass is 79.9. The number of benzene rings is 5. The van der Waals surface area contributed by atoms with Crippen LogP contribution in [-0.4, -0.2) is 0 Å². The van der Waals surface area contributed by atoms with Gasteiger partial charge in [0.2, 0.25) is 0 Å². The third-order valence-corrected chi connectivity index (χ3v) is 7.43. The van der Waals surface area contributed by atoms with Crippen molar-refractivity contribution in [3.63, 3.8) is 0 Å². The highest BCUT2D eigenvalue weighted by Gasteiger charge is 2.51. The third-order valence-electron chi connectivity index (χ3n) is 6.94. The van der Waals surface area contributed by atoms with E-state index in [4.69, 9.17) is 0 Å². The Bertz CT molecular complexity index is 1460. The van der Waals surface area contributed by atoms with Gasteiger partial charge in [-0.25, -0.2) is 0 Å². The zero-order valence-corrected chi connectivity index (χ0v) is 17.8. The van der Waals surface area contributed by atoms with Crippen molar-refractivity contribution in [3.8, 4) is 22.3 Å². The molecule has 1 spiro atoms. The van der Waals surface area contributed by atoms with E-state index in [1.807, 2.05) is 0 Å². The molecular formula is C29H17Br. The molecule has 0 aliphatic heterocycles. The molecule has 0 radical (unpaired) electrons. The van der Waals surface area contributed by atoms with Crippen molar-refractivity contribution in [2.45, 2.75) is 5.41 Å². The molecule has 0 nitrogen and oxygen atoms in total. The predicted octanol–water partition coefficient (Wildman–Crippen LogP) is 7.95. The van der Waals surface area contributed by atoms with E-state index < -0.39 is 0 Å². The van der Waals surface area contributed by atoms with Gasteiger partial charge in [0.25, 0.3) is 0 Å². The molecular weight excluding hydrogens is 428 g/mol. The fourth-order valence-corrected chi connectivity index (χ4v) is 6.25. The number of rotatable bonds is 0. The molecule has 140 valence electrons. The standard InChI is InChI=1S/C29H17Br/c30-19-14-16-26-23(17-19)28-20-8-2-1-7-18(20)13-15-27(28)29(26)24-11-5-3-9-21(24)22-10-4-6-12-25(22)29/h1-17H. The average molecular weight is 445 g/mol. The van der Waals surface area contributed by atoms with Gasteiger partial charge in [-0.1, -0.05) is 107 Å². The van der Waals surface area contributed by atoms with Crippen molar-refractivity contribution >= 4 is 26.7 Å². The Kier molecular flexibility index (Phi) is 3.16. The van der Waals surface area contributed by atoms with Gasteiger partial charge in [0, 0.05) is 4.47 Å². The van der Waals surface area contributed by atoms with E-state index in [0.717, 1.165) is 4.47 Å². The Hall–Kier alpha value is -3.16. The summed E-state index contributed by atoms with van der Waals surface area (Å²) in [7, 11) is 0. The summed E-state index contributed by atoms with van der Waals surface area (Å²) < 4.78 is 1.12. The second-order valence-corrected chi connectivity index (χ2v) is 9.16. The van der Waals surface area contributed by atoms with Crippen molar-refractivity contribution in [2.24, 2.45) is 0 Å². The molecule has 30 heavy (non-hydrogen) atoms. The van der Waals surface area contributed by atoms with Gasteiger partial charge >= 0.3 is 0 Å². The Balaban J connectivity index is 1.76. The molecule has 0 aromatic heterocycles. The van der Waals surface area contributed by atoms with Gasteiger partial charge in [-0.3, -0.25) is 0 Å². The molecule has 0 N–H and O–H groups in total. The molecule has 5 aromatic rings. The Labute approximate surface area is 184 Å². The first kappa shape index (κ1) is 16.6. The predicted molar refractivity (Wildman–Crippen MR) is 128 cm³/mol. The van der Waals surface area contributed by atoms with Crippen LogP contribution in [-0.2, 0) is 5.41 Å². The van der Waals surface area contributed by atoms with Crippen molar-refractivity contribution in [1.82, 2.24) is 0 Å². The van der Waals surface area contributed by atoms with Gasteiger partial charge in [-0.05, 0) is 67.4 Å². The van der Waals surface area contributed by atoms with E-state index in [2.05, 4.69) is 119 Å². The van der Waals surface area contributed by atoms with E-state index in [9.17, 15) is 0 Å². The van der Waals surface area contributed by atoms with E-state index in [1.165, 1.54) is 55.3 Å². The van der Waals surface area contributed by atoms with Crippen LogP contribution in [0.1, 0.15) is 22.3 Å². The zero-order valence-electron chi connectivity index (χ0n) is 16.2. The number of hydrogen-bond acceptors (Lipinski definition) is 0. The Morgan fingerprint density at radius 2 is 1.10 bits per heavy atom. The monoisotopic (exact) mass is 444 g/mol. The number of hydrogen-bond donors (Lipinski definition) is 0. The minimum absolute atomic E-state index is 0.261. The lowest BCUT2D eigenvalue weighted by Gasteiger charge is -2.30. The highest BCUT2D eigenvalue weighted by molar-refractivity contribution is 9.10. The van der Waals surface area contributed by atoms with Gasteiger partial charge in [-0.15, -0.1) is 0 Å². The minimum Gasteiger partial charge on any atom is -0.0619 e. The van der Waals surface area contributed by atoms with Crippen LogP contribution in [0.15, 0.2) is 108 Å². The topological polar surface area (TPSA) is 0 Å². The second kappa shape index (κ2) is 5.71. The molecule has 0 saturated heterocycles. The lowest BCUT2D eigenvalue weighted by Crippen LogP contribution is -2.25. The van der Waals surface area contributed by atoms with E-state index in [0.29, 0.717) is 0 Å². The van der Waals surface area contributed by atoms with E-state index in [-0.39, 0.29) is 5.41 Å². The van der Waals surface area contributed by atoms with Crippen molar-refractivity contribution in [1.29, 1.82) is 0 Å². The van der Waals surface area contributed by atoms with Crippen molar-refractivity contribution in [3.05, 3.63) is 130 Å². The molecule has 5 aromatic carbocycles. The fourth-order valence-electron chi connectivity index (χ4n) is 5.89. The largest absolute Gasteiger partial charge is 0.0725 e. The summed E-state index contributed by atoms with van der Waals surface area (Å²) in [6.07, 6.45) is 0. The first-order valence-corrected chi connectivity index (χ1v) is 11.1. The zero-order chi connectivity index (χ0) is 19.9. The first-order valence-electron chi connectivity index (χ1n) is 10.3. The molecule has 2 aliphatic rings. The molecule has 0 fully saturated rings. The highest BCUT2D eigenvalue weighted by Crippen LogP contribution is 2.63. The molecule has 0 unspecified atom stereocenters. The Morgan fingerprint density at radius 1 is 0.500 bits per heavy atom. The van der Waals surface area contributed by atoms with Crippen LogP contribution < -0.4 is 0 Å². The summed E-state index contributed by atoms with van der Waals surface area (Å²) in [6, 6.07) is 38.1. The summed E-state index contributed by atoms with van der Waals surface area (Å²) in [4.78, 5) is 0. The summed E-state index contributed by atoms with van der Waals surface area (Å²) in [6.45, 7) is 0. The Morgan fingerprint density at radius 3 is 1.87 bits per heavy atom. The molecule has 7 rings (SSSR count). The number of fused-ring (bicyclic) bond motifs is 12. The summed E-state index contributed by atoms with van der Waals surface area (Å²) >= 11 is 3.74. The minimum atomic E-state index is -0.261. The molecule has 0 bridgehead atoms. The van der Waals surface area contributed by atoms with Crippen LogP contribution in [0, 0.1) is 0 Å². The molecule has 0 saturated carbocycles. The normalized spacial score (nSPS) is 14.4. The maximum absolute atomic E-state index is 3.74. The van der Waals surface area contributed by atoms with E-state index in [1.54, 1.807) is 0 Å². The van der Waals surface area contributed by atoms with Gasteiger partial charge in [0.1, 0.15) is 0 Å². The van der Waals surface area contributed by atoms with Crippen LogP contribution >= 0.6 is 15.9 Å². The van der Waals surface area contributed by atoms with Gasteiger partial charge in [-0.2, -0.15) is 0 Å². The maximum atomic E-state index is 3.74. The van der Waals surface area contributed by atoms with Crippen LogP contribution in [0.25, 0.3) is 33.0 Å².